The molecule has 4 heteroatoms. The Labute approximate surface area is 112 Å². The second kappa shape index (κ2) is 4.32. The lowest BCUT2D eigenvalue weighted by molar-refractivity contribution is 0.0816. The highest BCUT2D eigenvalue weighted by atomic mass is 16.2. The third-order valence-corrected chi connectivity index (χ3v) is 4.32. The molecule has 0 aromatic heterocycles. The zero-order chi connectivity index (χ0) is 13.5. The van der Waals surface area contributed by atoms with Crippen molar-refractivity contribution in [2.45, 2.75) is 37.8 Å². The van der Waals surface area contributed by atoms with Crippen LogP contribution in [-0.4, -0.2) is 23.9 Å². The van der Waals surface area contributed by atoms with E-state index in [2.05, 4.69) is 4.99 Å². The topological polar surface area (TPSA) is 49.7 Å². The van der Waals surface area contributed by atoms with Gasteiger partial charge < -0.3 is 4.90 Å². The van der Waals surface area contributed by atoms with E-state index in [1.165, 1.54) is 0 Å². The van der Waals surface area contributed by atoms with E-state index in [0.717, 1.165) is 42.4 Å². The fourth-order valence-electron chi connectivity index (χ4n) is 3.25. The molecular weight excluding hydrogens is 240 g/mol. The number of carbonyl (C=O) groups is 1. The molecule has 0 saturated heterocycles. The van der Waals surface area contributed by atoms with Gasteiger partial charge in [-0.15, -0.1) is 0 Å². The lowest BCUT2D eigenvalue weighted by Crippen LogP contribution is -2.20. The molecule has 1 aliphatic heterocycles. The Morgan fingerprint density at radius 1 is 1.32 bits per heavy atom. The van der Waals surface area contributed by atoms with E-state index >= 15 is 0 Å². The molecule has 0 N–H and O–H groups in total. The van der Waals surface area contributed by atoms with Gasteiger partial charge in [-0.25, -0.2) is 4.79 Å². The number of hydrogen-bond donors (Lipinski definition) is 0. The summed E-state index contributed by atoms with van der Waals surface area (Å²) in [4.78, 5) is 28.5. The molecule has 1 aromatic carbocycles. The predicted molar refractivity (Wildman–Crippen MR) is 70.5 cm³/mol. The molecule has 98 valence electrons. The summed E-state index contributed by atoms with van der Waals surface area (Å²) in [5, 5.41) is 0. The monoisotopic (exact) mass is 256 g/mol. The van der Waals surface area contributed by atoms with Crippen LogP contribution in [0.5, 0.6) is 0 Å². The smallest absolute Gasteiger partial charge is 0.254 e. The summed E-state index contributed by atoms with van der Waals surface area (Å²) in [5.74, 6) is 0.0556. The SMILES string of the molecule is CN1Cc2ccc(C3(N=C=O)CCCC3)cc2C1=O. The van der Waals surface area contributed by atoms with Crippen LogP contribution in [0.4, 0.5) is 0 Å². The molecule has 0 spiro atoms. The Morgan fingerprint density at radius 3 is 2.74 bits per heavy atom. The normalized spacial score (nSPS) is 20.3. The number of fused-ring (bicyclic) bond motifs is 1. The van der Waals surface area contributed by atoms with Gasteiger partial charge in [-0.2, -0.15) is 4.99 Å². The first-order valence-electron chi connectivity index (χ1n) is 6.64. The maximum Gasteiger partial charge on any atom is 0.254 e. The van der Waals surface area contributed by atoms with Crippen LogP contribution < -0.4 is 0 Å². The molecule has 1 aromatic rings. The molecular formula is C15H16N2O2. The number of isocyanates is 1. The van der Waals surface area contributed by atoms with E-state index in [1.807, 2.05) is 18.2 Å². The van der Waals surface area contributed by atoms with Gasteiger partial charge in [-0.3, -0.25) is 4.79 Å². The van der Waals surface area contributed by atoms with E-state index in [1.54, 1.807) is 18.0 Å². The van der Waals surface area contributed by atoms with E-state index in [-0.39, 0.29) is 5.91 Å². The van der Waals surface area contributed by atoms with Crippen molar-refractivity contribution in [2.24, 2.45) is 4.99 Å². The number of rotatable bonds is 2. The number of aliphatic imine (C=N–C) groups is 1. The van der Waals surface area contributed by atoms with Crippen LogP contribution in [0.2, 0.25) is 0 Å². The number of nitrogens with zero attached hydrogens (tertiary/aromatic N) is 2. The Morgan fingerprint density at radius 2 is 2.05 bits per heavy atom. The number of benzene rings is 1. The minimum absolute atomic E-state index is 0.0556. The first-order valence-corrected chi connectivity index (χ1v) is 6.64. The van der Waals surface area contributed by atoms with Crippen LogP contribution in [0.25, 0.3) is 0 Å². The molecule has 1 amide bonds. The molecule has 19 heavy (non-hydrogen) atoms. The van der Waals surface area contributed by atoms with Gasteiger partial charge in [0.15, 0.2) is 0 Å². The third kappa shape index (κ3) is 1.80. The predicted octanol–water partition coefficient (Wildman–Crippen LogP) is 2.38. The Balaban J connectivity index is 2.07. The highest BCUT2D eigenvalue weighted by molar-refractivity contribution is 5.98. The first-order chi connectivity index (χ1) is 9.16. The number of hydrogen-bond acceptors (Lipinski definition) is 3. The van der Waals surface area contributed by atoms with E-state index in [0.29, 0.717) is 6.54 Å². The minimum Gasteiger partial charge on any atom is -0.337 e. The van der Waals surface area contributed by atoms with Gasteiger partial charge in [0.2, 0.25) is 6.08 Å². The fourth-order valence-corrected chi connectivity index (χ4v) is 3.25. The number of carbonyl (C=O) groups excluding carboxylic acids is 2. The Hall–Kier alpha value is -1.93. The molecule has 1 heterocycles. The summed E-state index contributed by atoms with van der Waals surface area (Å²) in [7, 11) is 1.80. The molecule has 1 saturated carbocycles. The van der Waals surface area contributed by atoms with Gasteiger partial charge in [0.1, 0.15) is 0 Å². The maximum atomic E-state index is 12.0. The molecule has 1 aliphatic carbocycles. The first kappa shape index (κ1) is 12.1. The summed E-state index contributed by atoms with van der Waals surface area (Å²) in [6.07, 6.45) is 5.58. The van der Waals surface area contributed by atoms with Gasteiger partial charge in [0.05, 0.1) is 5.54 Å². The molecule has 1 fully saturated rings. The van der Waals surface area contributed by atoms with Gasteiger partial charge in [-0.1, -0.05) is 25.0 Å². The highest BCUT2D eigenvalue weighted by Crippen LogP contribution is 2.43. The summed E-state index contributed by atoms with van der Waals surface area (Å²) < 4.78 is 0. The minimum atomic E-state index is -0.446. The van der Waals surface area contributed by atoms with Crippen LogP contribution in [0, 0.1) is 0 Å². The van der Waals surface area contributed by atoms with Crippen molar-refractivity contribution in [3.05, 3.63) is 34.9 Å². The van der Waals surface area contributed by atoms with Crippen molar-refractivity contribution in [2.75, 3.05) is 7.05 Å². The summed E-state index contributed by atoms with van der Waals surface area (Å²) in [6, 6.07) is 5.93. The van der Waals surface area contributed by atoms with E-state index in [4.69, 9.17) is 0 Å². The van der Waals surface area contributed by atoms with Crippen molar-refractivity contribution in [3.8, 4) is 0 Å². The summed E-state index contributed by atoms with van der Waals surface area (Å²) >= 11 is 0. The largest absolute Gasteiger partial charge is 0.337 e. The molecule has 0 unspecified atom stereocenters. The van der Waals surface area contributed by atoms with Crippen molar-refractivity contribution >= 4 is 12.0 Å². The van der Waals surface area contributed by atoms with Gasteiger partial charge in [0, 0.05) is 19.2 Å². The summed E-state index contributed by atoms with van der Waals surface area (Å²) in [6.45, 7) is 0.665. The molecule has 3 rings (SSSR count). The Kier molecular flexibility index (Phi) is 2.76. The van der Waals surface area contributed by atoms with Crippen molar-refractivity contribution in [1.29, 1.82) is 0 Å². The third-order valence-electron chi connectivity index (χ3n) is 4.32. The maximum absolute atomic E-state index is 12.0. The zero-order valence-corrected chi connectivity index (χ0v) is 11.0. The van der Waals surface area contributed by atoms with Crippen molar-refractivity contribution in [3.63, 3.8) is 0 Å². The van der Waals surface area contributed by atoms with E-state index in [9.17, 15) is 9.59 Å². The van der Waals surface area contributed by atoms with Crippen LogP contribution in [0.1, 0.15) is 47.2 Å². The van der Waals surface area contributed by atoms with Crippen molar-refractivity contribution < 1.29 is 9.59 Å². The zero-order valence-electron chi connectivity index (χ0n) is 11.0. The van der Waals surface area contributed by atoms with Crippen LogP contribution >= 0.6 is 0 Å². The average molecular weight is 256 g/mol. The van der Waals surface area contributed by atoms with Crippen LogP contribution in [0.15, 0.2) is 23.2 Å². The second-order valence-electron chi connectivity index (χ2n) is 5.47. The second-order valence-corrected chi connectivity index (χ2v) is 5.47. The van der Waals surface area contributed by atoms with Gasteiger partial charge in [-0.05, 0) is 30.0 Å². The Bertz CT molecular complexity index is 582. The fraction of sp³-hybridized carbons (Fsp3) is 0.467. The average Bonchev–Trinajstić information content (AvgIpc) is 2.98. The molecule has 0 atom stereocenters. The van der Waals surface area contributed by atoms with Crippen molar-refractivity contribution in [1.82, 2.24) is 4.90 Å². The quantitative estimate of drug-likeness (QED) is 0.602. The lowest BCUT2D eigenvalue weighted by Gasteiger charge is -2.23. The van der Waals surface area contributed by atoms with E-state index < -0.39 is 5.54 Å². The van der Waals surface area contributed by atoms with Crippen LogP contribution in [0.3, 0.4) is 0 Å². The van der Waals surface area contributed by atoms with Gasteiger partial charge in [0.25, 0.3) is 5.91 Å². The van der Waals surface area contributed by atoms with Crippen LogP contribution in [-0.2, 0) is 16.9 Å². The highest BCUT2D eigenvalue weighted by Gasteiger charge is 2.37. The standard InChI is InChI=1S/C15H16N2O2/c1-17-9-11-4-5-12(8-13(11)14(17)19)15(16-10-18)6-2-3-7-15/h4-5,8H,2-3,6-7,9H2,1H3. The lowest BCUT2D eigenvalue weighted by atomic mass is 9.87. The summed E-state index contributed by atoms with van der Waals surface area (Å²) in [5.41, 5.74) is 2.35. The molecule has 0 bridgehead atoms. The number of amides is 1. The molecule has 2 aliphatic rings. The molecule has 4 nitrogen and oxygen atoms in total. The molecule has 0 radical (unpaired) electrons. The van der Waals surface area contributed by atoms with Gasteiger partial charge >= 0.3 is 0 Å².